The molecule has 3 heteroatoms. The Morgan fingerprint density at radius 1 is 1.27 bits per heavy atom. The Labute approximate surface area is 87.1 Å². The van der Waals surface area contributed by atoms with Crippen LogP contribution in [0.3, 0.4) is 0 Å². The molecule has 0 aliphatic rings. The molecule has 0 nitrogen and oxygen atoms in total. The molecule has 0 saturated carbocycles. The first-order valence-electron chi connectivity index (χ1n) is 4.70. The maximum atomic E-state index is 12.3. The lowest BCUT2D eigenvalue weighted by Gasteiger charge is -2.05. The van der Waals surface area contributed by atoms with Crippen LogP contribution < -0.4 is 0 Å². The van der Waals surface area contributed by atoms with Crippen molar-refractivity contribution in [3.05, 3.63) is 35.4 Å². The van der Waals surface area contributed by atoms with E-state index < -0.39 is 11.7 Å². The van der Waals surface area contributed by atoms with Crippen molar-refractivity contribution in [2.24, 2.45) is 0 Å². The Kier molecular flexibility index (Phi) is 3.79. The Bertz CT molecular complexity index is 380. The third-order valence-corrected chi connectivity index (χ3v) is 1.80. The fourth-order valence-corrected chi connectivity index (χ4v) is 1.06. The minimum Gasteiger partial charge on any atom is -0.166 e. The molecule has 1 aromatic rings. The van der Waals surface area contributed by atoms with Gasteiger partial charge in [0.15, 0.2) is 0 Å². The average molecular weight is 212 g/mol. The van der Waals surface area contributed by atoms with Crippen molar-refractivity contribution >= 4 is 0 Å². The normalized spacial score (nSPS) is 10.7. The summed E-state index contributed by atoms with van der Waals surface area (Å²) in [6.07, 6.45) is -2.68. The molecular formula is C12H11F3. The van der Waals surface area contributed by atoms with Gasteiger partial charge in [0.2, 0.25) is 0 Å². The topological polar surface area (TPSA) is 0 Å². The van der Waals surface area contributed by atoms with Crippen molar-refractivity contribution in [3.63, 3.8) is 0 Å². The zero-order chi connectivity index (χ0) is 11.3. The van der Waals surface area contributed by atoms with Gasteiger partial charge < -0.3 is 0 Å². The summed E-state index contributed by atoms with van der Waals surface area (Å²) < 4.78 is 36.9. The molecule has 0 radical (unpaired) electrons. The Morgan fingerprint density at radius 2 is 2.00 bits per heavy atom. The van der Waals surface area contributed by atoms with Gasteiger partial charge in [-0.25, -0.2) is 0 Å². The summed E-state index contributed by atoms with van der Waals surface area (Å²) in [4.78, 5) is 0. The van der Waals surface area contributed by atoms with E-state index in [-0.39, 0.29) is 0 Å². The molecular weight excluding hydrogens is 201 g/mol. The van der Waals surface area contributed by atoms with Crippen LogP contribution in [0.25, 0.3) is 0 Å². The van der Waals surface area contributed by atoms with Gasteiger partial charge in [0, 0.05) is 12.0 Å². The average Bonchev–Trinajstić information content (AvgIpc) is 2.17. The van der Waals surface area contributed by atoms with Gasteiger partial charge in [0.05, 0.1) is 5.56 Å². The first-order chi connectivity index (χ1) is 7.04. The van der Waals surface area contributed by atoms with Crippen LogP contribution in [0.1, 0.15) is 30.9 Å². The van der Waals surface area contributed by atoms with Crippen LogP contribution in [0, 0.1) is 11.8 Å². The number of rotatable bonds is 1. The van der Waals surface area contributed by atoms with Gasteiger partial charge in [-0.2, -0.15) is 13.2 Å². The van der Waals surface area contributed by atoms with Crippen LogP contribution in [-0.2, 0) is 6.18 Å². The van der Waals surface area contributed by atoms with Gasteiger partial charge in [-0.1, -0.05) is 24.8 Å². The van der Waals surface area contributed by atoms with E-state index >= 15 is 0 Å². The van der Waals surface area contributed by atoms with E-state index in [1.54, 1.807) is 6.07 Å². The summed E-state index contributed by atoms with van der Waals surface area (Å²) in [5.74, 6) is 5.52. The standard InChI is InChI=1S/C12H11F3/c1-2-3-4-6-10-7-5-8-11(9-10)12(13,14)15/h5,7-9H,2-3H2,1H3. The molecule has 1 aromatic carbocycles. The van der Waals surface area contributed by atoms with E-state index in [1.807, 2.05) is 6.92 Å². The van der Waals surface area contributed by atoms with E-state index in [0.717, 1.165) is 18.6 Å². The minimum atomic E-state index is -4.29. The van der Waals surface area contributed by atoms with Crippen LogP contribution in [0.2, 0.25) is 0 Å². The smallest absolute Gasteiger partial charge is 0.166 e. The van der Waals surface area contributed by atoms with Gasteiger partial charge in [-0.15, -0.1) is 0 Å². The third-order valence-electron chi connectivity index (χ3n) is 1.80. The third kappa shape index (κ3) is 3.67. The van der Waals surface area contributed by atoms with Gasteiger partial charge in [0.25, 0.3) is 0 Å². The van der Waals surface area contributed by atoms with Crippen LogP contribution in [-0.4, -0.2) is 0 Å². The molecule has 0 amide bonds. The van der Waals surface area contributed by atoms with E-state index in [9.17, 15) is 13.2 Å². The Balaban J connectivity index is 2.90. The summed E-state index contributed by atoms with van der Waals surface area (Å²) in [5.41, 5.74) is -0.232. The first kappa shape index (κ1) is 11.6. The van der Waals surface area contributed by atoms with Gasteiger partial charge in [-0.05, 0) is 24.6 Å². The maximum Gasteiger partial charge on any atom is 0.416 e. The van der Waals surface area contributed by atoms with Crippen LogP contribution in [0.5, 0.6) is 0 Å². The largest absolute Gasteiger partial charge is 0.416 e. The molecule has 0 heterocycles. The van der Waals surface area contributed by atoms with Gasteiger partial charge in [0.1, 0.15) is 0 Å². The molecule has 1 rings (SSSR count). The van der Waals surface area contributed by atoms with E-state index in [1.165, 1.54) is 6.07 Å². The number of unbranched alkanes of at least 4 members (excludes halogenated alkanes) is 1. The molecule has 0 aliphatic heterocycles. The van der Waals surface area contributed by atoms with Crippen molar-refractivity contribution in [2.75, 3.05) is 0 Å². The number of alkyl halides is 3. The van der Waals surface area contributed by atoms with Gasteiger partial charge >= 0.3 is 6.18 Å². The molecule has 0 atom stereocenters. The molecule has 0 spiro atoms. The second-order valence-electron chi connectivity index (χ2n) is 3.13. The van der Waals surface area contributed by atoms with Crippen molar-refractivity contribution < 1.29 is 13.2 Å². The minimum absolute atomic E-state index is 0.415. The second kappa shape index (κ2) is 4.88. The molecule has 0 aliphatic carbocycles. The van der Waals surface area contributed by atoms with E-state index in [4.69, 9.17) is 0 Å². The summed E-state index contributed by atoms with van der Waals surface area (Å²) in [5, 5.41) is 0. The Hall–Kier alpha value is -1.43. The van der Waals surface area contributed by atoms with Crippen LogP contribution >= 0.6 is 0 Å². The molecule has 0 bridgehead atoms. The van der Waals surface area contributed by atoms with Crippen molar-refractivity contribution in [1.29, 1.82) is 0 Å². The monoisotopic (exact) mass is 212 g/mol. The van der Waals surface area contributed by atoms with E-state index in [2.05, 4.69) is 11.8 Å². The Morgan fingerprint density at radius 3 is 2.60 bits per heavy atom. The molecule has 0 fully saturated rings. The molecule has 0 N–H and O–H groups in total. The first-order valence-corrected chi connectivity index (χ1v) is 4.70. The predicted octanol–water partition coefficient (Wildman–Crippen LogP) is 3.86. The van der Waals surface area contributed by atoms with Crippen molar-refractivity contribution in [1.82, 2.24) is 0 Å². The number of hydrogen-bond acceptors (Lipinski definition) is 0. The van der Waals surface area contributed by atoms with Crippen LogP contribution in [0.4, 0.5) is 13.2 Å². The lowest BCUT2D eigenvalue weighted by atomic mass is 10.1. The number of benzene rings is 1. The summed E-state index contributed by atoms with van der Waals surface area (Å²) in [7, 11) is 0. The molecule has 0 aromatic heterocycles. The molecule has 80 valence electrons. The maximum absolute atomic E-state index is 12.3. The van der Waals surface area contributed by atoms with Gasteiger partial charge in [-0.3, -0.25) is 0 Å². The number of halogens is 3. The van der Waals surface area contributed by atoms with E-state index in [0.29, 0.717) is 12.0 Å². The fraction of sp³-hybridized carbons (Fsp3) is 0.333. The summed E-state index contributed by atoms with van der Waals surface area (Å²) in [6.45, 7) is 1.97. The highest BCUT2D eigenvalue weighted by atomic mass is 19.4. The molecule has 0 unspecified atom stereocenters. The molecule has 15 heavy (non-hydrogen) atoms. The molecule has 0 saturated heterocycles. The highest BCUT2D eigenvalue weighted by Gasteiger charge is 2.30. The fourth-order valence-electron chi connectivity index (χ4n) is 1.06. The lowest BCUT2D eigenvalue weighted by molar-refractivity contribution is -0.137. The van der Waals surface area contributed by atoms with Crippen molar-refractivity contribution in [3.8, 4) is 11.8 Å². The summed E-state index contributed by atoms with van der Waals surface area (Å²) in [6, 6.07) is 5.07. The quantitative estimate of drug-likeness (QED) is 0.620. The predicted molar refractivity (Wildman–Crippen MR) is 53.2 cm³/mol. The highest BCUT2D eigenvalue weighted by Crippen LogP contribution is 2.29. The number of hydrogen-bond donors (Lipinski definition) is 0. The highest BCUT2D eigenvalue weighted by molar-refractivity contribution is 5.37. The second-order valence-corrected chi connectivity index (χ2v) is 3.13. The lowest BCUT2D eigenvalue weighted by Crippen LogP contribution is -2.04. The SMILES string of the molecule is CCCC#Cc1cccc(C(F)(F)F)c1. The van der Waals surface area contributed by atoms with Crippen molar-refractivity contribution in [2.45, 2.75) is 25.9 Å². The zero-order valence-corrected chi connectivity index (χ0v) is 8.36. The summed E-state index contributed by atoms with van der Waals surface area (Å²) >= 11 is 0. The zero-order valence-electron chi connectivity index (χ0n) is 8.36. The van der Waals surface area contributed by atoms with Crippen LogP contribution in [0.15, 0.2) is 24.3 Å².